The molecule has 1 fully saturated rings. The first-order valence-electron chi connectivity index (χ1n) is 12.6. The lowest BCUT2D eigenvalue weighted by atomic mass is 10.0. The van der Waals surface area contributed by atoms with E-state index < -0.39 is 0 Å². The van der Waals surface area contributed by atoms with E-state index in [1.54, 1.807) is 0 Å². The second kappa shape index (κ2) is 10.5. The number of nitrogens with zero attached hydrogens (tertiary/aromatic N) is 4. The van der Waals surface area contributed by atoms with Gasteiger partial charge in [0.15, 0.2) is 5.11 Å². The third kappa shape index (κ3) is 4.88. The monoisotopic (exact) mass is 517 g/mol. The van der Waals surface area contributed by atoms with Crippen molar-refractivity contribution in [3.8, 4) is 11.5 Å². The summed E-state index contributed by atoms with van der Waals surface area (Å²) < 4.78 is 8.30. The summed E-state index contributed by atoms with van der Waals surface area (Å²) in [5.74, 6) is 1.58. The van der Waals surface area contributed by atoms with Crippen LogP contribution in [0.25, 0.3) is 0 Å². The van der Waals surface area contributed by atoms with E-state index >= 15 is 0 Å². The van der Waals surface area contributed by atoms with E-state index in [2.05, 4.69) is 62.1 Å². The third-order valence-electron chi connectivity index (χ3n) is 6.70. The first kappa shape index (κ1) is 23.9. The first-order chi connectivity index (χ1) is 18.7. The summed E-state index contributed by atoms with van der Waals surface area (Å²) in [7, 11) is 0. The van der Waals surface area contributed by atoms with Gasteiger partial charge in [0.2, 0.25) is 0 Å². The van der Waals surface area contributed by atoms with Crippen LogP contribution in [-0.4, -0.2) is 19.6 Å². The minimum Gasteiger partial charge on any atom is -0.457 e. The minimum absolute atomic E-state index is 0.111. The van der Waals surface area contributed by atoms with E-state index in [1.165, 1.54) is 5.56 Å². The molecule has 4 heterocycles. The number of pyridine rings is 2. The van der Waals surface area contributed by atoms with Gasteiger partial charge in [-0.2, -0.15) is 0 Å². The summed E-state index contributed by atoms with van der Waals surface area (Å²) in [5.41, 5.74) is 5.24. The normalized spacial score (nSPS) is 16.9. The molecule has 3 aromatic heterocycles. The van der Waals surface area contributed by atoms with Crippen LogP contribution < -0.4 is 15.0 Å². The van der Waals surface area contributed by atoms with Crippen LogP contribution in [0.2, 0.25) is 0 Å². The van der Waals surface area contributed by atoms with Crippen molar-refractivity contribution in [3.63, 3.8) is 0 Å². The van der Waals surface area contributed by atoms with Crippen LogP contribution in [0, 0.1) is 6.92 Å². The highest BCUT2D eigenvalue weighted by Gasteiger charge is 2.42. The van der Waals surface area contributed by atoms with Gasteiger partial charge < -0.3 is 19.5 Å². The van der Waals surface area contributed by atoms with Crippen LogP contribution in [0.1, 0.15) is 34.7 Å². The maximum Gasteiger partial charge on any atom is 0.174 e. The maximum atomic E-state index is 6.06. The van der Waals surface area contributed by atoms with E-state index in [0.29, 0.717) is 11.7 Å². The highest BCUT2D eigenvalue weighted by molar-refractivity contribution is 7.80. The van der Waals surface area contributed by atoms with E-state index in [4.69, 9.17) is 17.0 Å². The molecule has 5 aromatic rings. The zero-order valence-corrected chi connectivity index (χ0v) is 21.8. The van der Waals surface area contributed by atoms with Gasteiger partial charge in [-0.3, -0.25) is 9.97 Å². The van der Waals surface area contributed by atoms with Crippen molar-refractivity contribution in [2.45, 2.75) is 25.6 Å². The summed E-state index contributed by atoms with van der Waals surface area (Å²) >= 11 is 5.91. The molecular weight excluding hydrogens is 490 g/mol. The SMILES string of the molecule is Cc1ccc(Oc2ccc(N3C(=S)N[C@H](c4ccccn4)[C@H]3c3cccn3Cc3ccccn3)cc2)cc1. The van der Waals surface area contributed by atoms with Crippen molar-refractivity contribution in [1.82, 2.24) is 19.9 Å². The first-order valence-corrected chi connectivity index (χ1v) is 13.0. The van der Waals surface area contributed by atoms with Gasteiger partial charge in [0.25, 0.3) is 0 Å². The lowest BCUT2D eigenvalue weighted by Crippen LogP contribution is -2.30. The van der Waals surface area contributed by atoms with Crippen LogP contribution >= 0.6 is 12.2 Å². The predicted molar refractivity (Wildman–Crippen MR) is 153 cm³/mol. The zero-order valence-electron chi connectivity index (χ0n) is 20.9. The largest absolute Gasteiger partial charge is 0.457 e. The quantitative estimate of drug-likeness (QED) is 0.245. The van der Waals surface area contributed by atoms with E-state index in [0.717, 1.165) is 34.3 Å². The van der Waals surface area contributed by atoms with E-state index in [-0.39, 0.29) is 12.1 Å². The number of ether oxygens (including phenoxy) is 1. The molecule has 0 saturated carbocycles. The minimum atomic E-state index is -0.121. The Morgan fingerprint density at radius 3 is 2.21 bits per heavy atom. The van der Waals surface area contributed by atoms with Crippen molar-refractivity contribution in [1.29, 1.82) is 0 Å². The number of rotatable bonds is 7. The molecule has 0 spiro atoms. The summed E-state index contributed by atoms with van der Waals surface area (Å²) in [6.07, 6.45) is 5.75. The number of thiocarbonyl (C=S) groups is 1. The molecule has 38 heavy (non-hydrogen) atoms. The Bertz CT molecular complexity index is 1520. The van der Waals surface area contributed by atoms with Crippen LogP contribution in [0.15, 0.2) is 116 Å². The third-order valence-corrected chi connectivity index (χ3v) is 7.01. The van der Waals surface area contributed by atoms with Crippen LogP contribution in [0.3, 0.4) is 0 Å². The molecule has 2 aromatic carbocycles. The molecule has 1 N–H and O–H groups in total. The molecule has 0 amide bonds. The standard InChI is InChI=1S/C31H27N5OS/c1-22-10-14-25(15-11-22)37-26-16-12-24(13-17-26)36-30(29(34-31(36)38)27-8-3-5-19-33-27)28-9-6-20-35(28)21-23-7-2-4-18-32-23/h2-20,29-30H,21H2,1H3,(H,34,38)/t29-,30-/m1/s1. The van der Waals surface area contributed by atoms with Crippen molar-refractivity contribution >= 4 is 23.0 Å². The van der Waals surface area contributed by atoms with Gasteiger partial charge in [-0.15, -0.1) is 0 Å². The fraction of sp³-hybridized carbons (Fsp3) is 0.129. The van der Waals surface area contributed by atoms with E-state index in [9.17, 15) is 0 Å². The lowest BCUT2D eigenvalue weighted by molar-refractivity contribution is 0.482. The molecule has 1 saturated heterocycles. The summed E-state index contributed by atoms with van der Waals surface area (Å²) in [6.45, 7) is 2.73. The summed E-state index contributed by atoms with van der Waals surface area (Å²) in [6, 6.07) is 32.1. The number of hydrogen-bond donors (Lipinski definition) is 1. The van der Waals surface area contributed by atoms with Crippen molar-refractivity contribution in [3.05, 3.63) is 138 Å². The van der Waals surface area contributed by atoms with Gasteiger partial charge in [-0.05, 0) is 91.9 Å². The Labute approximate surface area is 227 Å². The maximum absolute atomic E-state index is 6.06. The van der Waals surface area contributed by atoms with Crippen molar-refractivity contribution < 1.29 is 4.74 Å². The number of aromatic nitrogens is 3. The Hall–Kier alpha value is -4.49. The van der Waals surface area contributed by atoms with Crippen LogP contribution in [-0.2, 0) is 6.54 Å². The van der Waals surface area contributed by atoms with Crippen molar-refractivity contribution in [2.24, 2.45) is 0 Å². The summed E-state index contributed by atoms with van der Waals surface area (Å²) in [4.78, 5) is 11.4. The Morgan fingerprint density at radius 1 is 0.816 bits per heavy atom. The van der Waals surface area contributed by atoms with Gasteiger partial charge in [0.1, 0.15) is 17.5 Å². The molecule has 1 aliphatic heterocycles. The number of benzene rings is 2. The molecule has 1 aliphatic rings. The molecule has 0 radical (unpaired) electrons. The van der Waals surface area contributed by atoms with Gasteiger partial charge in [0, 0.05) is 30.0 Å². The zero-order chi connectivity index (χ0) is 25.9. The van der Waals surface area contributed by atoms with Gasteiger partial charge in [-0.1, -0.05) is 29.8 Å². The molecule has 7 heteroatoms. The second-order valence-corrected chi connectivity index (χ2v) is 9.67. The molecule has 0 unspecified atom stereocenters. The predicted octanol–water partition coefficient (Wildman–Crippen LogP) is 6.60. The molecule has 188 valence electrons. The molecular formula is C31H27N5OS. The fourth-order valence-electron chi connectivity index (χ4n) is 4.86. The highest BCUT2D eigenvalue weighted by atomic mass is 32.1. The average molecular weight is 518 g/mol. The van der Waals surface area contributed by atoms with Gasteiger partial charge in [-0.25, -0.2) is 0 Å². The molecule has 0 bridgehead atoms. The number of aryl methyl sites for hydroxylation is 1. The second-order valence-electron chi connectivity index (χ2n) is 9.29. The van der Waals surface area contributed by atoms with Crippen LogP contribution in [0.4, 0.5) is 5.69 Å². The van der Waals surface area contributed by atoms with E-state index in [1.807, 2.05) is 85.2 Å². The van der Waals surface area contributed by atoms with Crippen molar-refractivity contribution in [2.75, 3.05) is 4.90 Å². The lowest BCUT2D eigenvalue weighted by Gasteiger charge is -2.29. The average Bonchev–Trinajstić information content (AvgIpc) is 3.55. The molecule has 0 aliphatic carbocycles. The van der Waals surface area contributed by atoms with Gasteiger partial charge in [0.05, 0.1) is 24.0 Å². The fourth-order valence-corrected chi connectivity index (χ4v) is 5.20. The molecule has 6 rings (SSSR count). The van der Waals surface area contributed by atoms with Crippen LogP contribution in [0.5, 0.6) is 11.5 Å². The molecule has 6 nitrogen and oxygen atoms in total. The summed E-state index contributed by atoms with van der Waals surface area (Å²) in [5, 5.41) is 4.20. The highest BCUT2D eigenvalue weighted by Crippen LogP contribution is 2.42. The Morgan fingerprint density at radius 2 is 1.53 bits per heavy atom. The topological polar surface area (TPSA) is 55.2 Å². The Kier molecular flexibility index (Phi) is 6.58. The number of anilines is 1. The smallest absolute Gasteiger partial charge is 0.174 e. The molecule has 2 atom stereocenters. The number of nitrogens with one attached hydrogen (secondary N) is 1. The Balaban J connectivity index is 1.35. The number of hydrogen-bond acceptors (Lipinski definition) is 4. The van der Waals surface area contributed by atoms with Gasteiger partial charge >= 0.3 is 0 Å².